The Morgan fingerprint density at radius 1 is 1.33 bits per heavy atom. The molecule has 0 spiro atoms. The van der Waals surface area contributed by atoms with Crippen molar-refractivity contribution in [2.24, 2.45) is 5.92 Å². The van der Waals surface area contributed by atoms with Crippen LogP contribution in [0.4, 0.5) is 0 Å². The van der Waals surface area contributed by atoms with Gasteiger partial charge in [-0.2, -0.15) is 0 Å². The van der Waals surface area contributed by atoms with Gasteiger partial charge in [0.1, 0.15) is 0 Å². The monoisotopic (exact) mass is 322 g/mol. The molecule has 18 heavy (non-hydrogen) atoms. The predicted octanol–water partition coefficient (Wildman–Crippen LogP) is 4.66. The van der Waals surface area contributed by atoms with Crippen LogP contribution >= 0.6 is 27.3 Å². The molecule has 0 radical (unpaired) electrons. The topological polar surface area (TPSA) is 20.2 Å². The minimum absolute atomic E-state index is 0.315. The molecule has 94 valence electrons. The maximum absolute atomic E-state index is 10.4. The number of halogens is 1. The molecule has 1 aliphatic carbocycles. The van der Waals surface area contributed by atoms with Crippen LogP contribution in [0.5, 0.6) is 0 Å². The van der Waals surface area contributed by atoms with Crippen molar-refractivity contribution in [3.63, 3.8) is 0 Å². The fourth-order valence-electron chi connectivity index (χ4n) is 2.49. The van der Waals surface area contributed by atoms with Crippen LogP contribution in [0.2, 0.25) is 0 Å². The van der Waals surface area contributed by atoms with E-state index >= 15 is 0 Å². The van der Waals surface area contributed by atoms with E-state index in [1.165, 1.54) is 11.1 Å². The Hall–Kier alpha value is -0.640. The highest BCUT2D eigenvalue weighted by Gasteiger charge is 2.44. The lowest BCUT2D eigenvalue weighted by molar-refractivity contribution is 0.155. The van der Waals surface area contributed by atoms with Crippen molar-refractivity contribution in [1.82, 2.24) is 0 Å². The van der Waals surface area contributed by atoms with Crippen LogP contribution in [0.3, 0.4) is 0 Å². The Morgan fingerprint density at radius 3 is 2.67 bits per heavy atom. The van der Waals surface area contributed by atoms with Gasteiger partial charge in [0, 0.05) is 4.88 Å². The molecule has 3 rings (SSSR count). The molecule has 1 nitrogen and oxygen atoms in total. The SMILES string of the molecule is Cc1cc(C(O)C2CC2c2ccccc2)sc1Br. The van der Waals surface area contributed by atoms with Crippen LogP contribution in [-0.2, 0) is 0 Å². The Bertz CT molecular complexity index is 529. The van der Waals surface area contributed by atoms with Gasteiger partial charge in [-0.15, -0.1) is 11.3 Å². The average Bonchev–Trinajstić information content (AvgIpc) is 3.11. The normalized spacial score (nSPS) is 23.9. The summed E-state index contributed by atoms with van der Waals surface area (Å²) in [7, 11) is 0. The van der Waals surface area contributed by atoms with E-state index < -0.39 is 0 Å². The van der Waals surface area contributed by atoms with E-state index in [2.05, 4.69) is 53.2 Å². The first-order valence-electron chi connectivity index (χ1n) is 6.15. The van der Waals surface area contributed by atoms with Crippen LogP contribution in [0, 0.1) is 12.8 Å². The number of thiophene rings is 1. The summed E-state index contributed by atoms with van der Waals surface area (Å²) in [5, 5.41) is 10.4. The van der Waals surface area contributed by atoms with E-state index in [0.717, 1.165) is 15.1 Å². The van der Waals surface area contributed by atoms with E-state index in [1.54, 1.807) is 11.3 Å². The van der Waals surface area contributed by atoms with Gasteiger partial charge >= 0.3 is 0 Å². The van der Waals surface area contributed by atoms with Crippen LogP contribution in [-0.4, -0.2) is 5.11 Å². The predicted molar refractivity (Wildman–Crippen MR) is 79.0 cm³/mol. The van der Waals surface area contributed by atoms with Gasteiger partial charge in [0.15, 0.2) is 0 Å². The van der Waals surface area contributed by atoms with E-state index in [-0.39, 0.29) is 6.10 Å². The summed E-state index contributed by atoms with van der Waals surface area (Å²) in [6.45, 7) is 2.07. The molecule has 1 saturated carbocycles. The molecule has 1 N–H and O–H groups in total. The van der Waals surface area contributed by atoms with Crippen molar-refractivity contribution in [2.45, 2.75) is 25.4 Å². The molecule has 1 heterocycles. The third-order valence-electron chi connectivity index (χ3n) is 3.64. The van der Waals surface area contributed by atoms with Gasteiger partial charge in [-0.3, -0.25) is 0 Å². The van der Waals surface area contributed by atoms with Gasteiger partial charge < -0.3 is 5.11 Å². The van der Waals surface area contributed by atoms with E-state index in [4.69, 9.17) is 0 Å². The average molecular weight is 323 g/mol. The highest BCUT2D eigenvalue weighted by Crippen LogP contribution is 2.55. The molecule has 0 bridgehead atoms. The number of aliphatic hydroxyl groups is 1. The second-order valence-electron chi connectivity index (χ2n) is 4.97. The van der Waals surface area contributed by atoms with Crippen molar-refractivity contribution in [3.8, 4) is 0 Å². The molecule has 1 aromatic heterocycles. The number of aliphatic hydroxyl groups excluding tert-OH is 1. The number of benzene rings is 1. The third-order valence-corrected chi connectivity index (χ3v) is 5.85. The first kappa shape index (κ1) is 12.4. The number of hydrogen-bond acceptors (Lipinski definition) is 2. The Morgan fingerprint density at radius 2 is 2.06 bits per heavy atom. The fourth-order valence-corrected chi connectivity index (χ4v) is 4.12. The van der Waals surface area contributed by atoms with Crippen LogP contribution in [0.25, 0.3) is 0 Å². The summed E-state index contributed by atoms with van der Waals surface area (Å²) in [4.78, 5) is 1.09. The minimum atomic E-state index is -0.315. The molecule has 1 fully saturated rings. The second-order valence-corrected chi connectivity index (χ2v) is 7.37. The quantitative estimate of drug-likeness (QED) is 0.871. The molecular formula is C15H15BrOS. The van der Waals surface area contributed by atoms with Crippen molar-refractivity contribution in [2.75, 3.05) is 0 Å². The smallest absolute Gasteiger partial charge is 0.0916 e. The lowest BCUT2D eigenvalue weighted by atomic mass is 10.1. The van der Waals surface area contributed by atoms with Crippen molar-refractivity contribution >= 4 is 27.3 Å². The largest absolute Gasteiger partial charge is 0.387 e. The molecule has 3 heteroatoms. The summed E-state index contributed by atoms with van der Waals surface area (Å²) in [5.41, 5.74) is 2.57. The molecular weight excluding hydrogens is 308 g/mol. The zero-order valence-corrected chi connectivity index (χ0v) is 12.5. The van der Waals surface area contributed by atoms with E-state index in [1.807, 2.05) is 6.07 Å². The van der Waals surface area contributed by atoms with Crippen molar-refractivity contribution in [1.29, 1.82) is 0 Å². The number of hydrogen-bond donors (Lipinski definition) is 1. The standard InChI is InChI=1S/C15H15BrOS/c1-9-7-13(18-15(9)16)14(17)12-8-11(12)10-5-3-2-4-6-10/h2-7,11-12,14,17H,8H2,1H3. The Balaban J connectivity index is 1.75. The highest BCUT2D eigenvalue weighted by atomic mass is 79.9. The lowest BCUT2D eigenvalue weighted by Crippen LogP contribution is -1.98. The van der Waals surface area contributed by atoms with Gasteiger partial charge in [-0.05, 0) is 58.3 Å². The molecule has 1 aliphatic rings. The van der Waals surface area contributed by atoms with Crippen LogP contribution in [0.15, 0.2) is 40.2 Å². The van der Waals surface area contributed by atoms with E-state index in [0.29, 0.717) is 11.8 Å². The maximum Gasteiger partial charge on any atom is 0.0916 e. The first-order valence-corrected chi connectivity index (χ1v) is 7.76. The van der Waals surface area contributed by atoms with Gasteiger partial charge in [-0.1, -0.05) is 30.3 Å². The highest BCUT2D eigenvalue weighted by molar-refractivity contribution is 9.11. The van der Waals surface area contributed by atoms with Crippen LogP contribution < -0.4 is 0 Å². The molecule has 0 aliphatic heterocycles. The molecule has 3 unspecified atom stereocenters. The van der Waals surface area contributed by atoms with Crippen LogP contribution in [0.1, 0.15) is 34.4 Å². The van der Waals surface area contributed by atoms with E-state index in [9.17, 15) is 5.11 Å². The Kier molecular flexibility index (Phi) is 3.31. The summed E-state index contributed by atoms with van der Waals surface area (Å²) < 4.78 is 1.13. The van der Waals surface area contributed by atoms with Gasteiger partial charge in [-0.25, -0.2) is 0 Å². The summed E-state index contributed by atoms with van der Waals surface area (Å²) >= 11 is 5.18. The van der Waals surface area contributed by atoms with Crippen molar-refractivity contribution in [3.05, 3.63) is 56.2 Å². The molecule has 0 amide bonds. The Labute approximate surface area is 120 Å². The zero-order valence-electron chi connectivity index (χ0n) is 10.1. The number of rotatable bonds is 3. The van der Waals surface area contributed by atoms with Gasteiger partial charge in [0.05, 0.1) is 9.89 Å². The summed E-state index contributed by atoms with van der Waals surface area (Å²) in [5.74, 6) is 0.916. The molecule has 0 saturated heterocycles. The zero-order chi connectivity index (χ0) is 12.7. The molecule has 1 aromatic carbocycles. The lowest BCUT2D eigenvalue weighted by Gasteiger charge is -2.07. The van der Waals surface area contributed by atoms with Gasteiger partial charge in [0.25, 0.3) is 0 Å². The van der Waals surface area contributed by atoms with Gasteiger partial charge in [0.2, 0.25) is 0 Å². The maximum atomic E-state index is 10.4. The second kappa shape index (κ2) is 4.80. The third kappa shape index (κ3) is 2.27. The van der Waals surface area contributed by atoms with Crippen molar-refractivity contribution < 1.29 is 5.11 Å². The fraction of sp³-hybridized carbons (Fsp3) is 0.333. The minimum Gasteiger partial charge on any atom is -0.387 e. The molecule has 3 atom stereocenters. The first-order chi connectivity index (χ1) is 8.66. The number of aryl methyl sites for hydroxylation is 1. The summed E-state index contributed by atoms with van der Waals surface area (Å²) in [6.07, 6.45) is 0.782. The molecule has 2 aromatic rings. The summed E-state index contributed by atoms with van der Waals surface area (Å²) in [6, 6.07) is 12.6.